The highest BCUT2D eigenvalue weighted by Crippen LogP contribution is 2.39. The second kappa shape index (κ2) is 9.17. The second-order valence-corrected chi connectivity index (χ2v) is 7.71. The Kier molecular flexibility index (Phi) is 6.86. The largest absolute Gasteiger partial charge is 0.497 e. The fraction of sp³-hybridized carbons (Fsp3) is 0.478. The normalized spacial score (nSPS) is 24.1. The van der Waals surface area contributed by atoms with E-state index in [2.05, 4.69) is 36.2 Å². The van der Waals surface area contributed by atoms with Crippen molar-refractivity contribution < 1.29 is 14.2 Å². The highest BCUT2D eigenvalue weighted by molar-refractivity contribution is 5.85. The van der Waals surface area contributed by atoms with E-state index in [4.69, 9.17) is 14.2 Å². The summed E-state index contributed by atoms with van der Waals surface area (Å²) in [5.74, 6) is 1.73. The van der Waals surface area contributed by atoms with Crippen molar-refractivity contribution in [1.82, 2.24) is 4.90 Å². The summed E-state index contributed by atoms with van der Waals surface area (Å²) in [7, 11) is 5.66. The number of nitrogens with zero attached hydrogens (tertiary/aromatic N) is 1. The highest BCUT2D eigenvalue weighted by atomic mass is 35.5. The van der Waals surface area contributed by atoms with Crippen LogP contribution in [0.25, 0.3) is 0 Å². The van der Waals surface area contributed by atoms with Gasteiger partial charge in [0.25, 0.3) is 0 Å². The first-order valence-electron chi connectivity index (χ1n) is 9.83. The minimum atomic E-state index is -0.0744. The molecule has 2 heterocycles. The summed E-state index contributed by atoms with van der Waals surface area (Å²) < 4.78 is 17.4. The molecule has 2 fully saturated rings. The summed E-state index contributed by atoms with van der Waals surface area (Å²) in [6, 6.07) is 17.8. The molecule has 4 nitrogen and oxygen atoms in total. The Morgan fingerprint density at radius 2 is 1.21 bits per heavy atom. The smallest absolute Gasteiger partial charge is 0.118 e. The van der Waals surface area contributed by atoms with Crippen molar-refractivity contribution in [3.8, 4) is 11.5 Å². The third-order valence-corrected chi connectivity index (χ3v) is 6.22. The fourth-order valence-electron chi connectivity index (χ4n) is 4.57. The molecule has 2 aromatic rings. The van der Waals surface area contributed by atoms with E-state index in [0.717, 1.165) is 35.5 Å². The summed E-state index contributed by atoms with van der Waals surface area (Å²) in [6.45, 7) is 0. The van der Waals surface area contributed by atoms with Gasteiger partial charge in [0.05, 0.1) is 20.3 Å². The van der Waals surface area contributed by atoms with E-state index in [1.54, 1.807) is 14.2 Å². The van der Waals surface area contributed by atoms with E-state index in [0.29, 0.717) is 18.2 Å². The van der Waals surface area contributed by atoms with E-state index in [9.17, 15) is 0 Å². The number of hydrogen-bond acceptors (Lipinski definition) is 4. The van der Waals surface area contributed by atoms with Gasteiger partial charge in [0.1, 0.15) is 17.6 Å². The van der Waals surface area contributed by atoms with Gasteiger partial charge in [-0.15, -0.1) is 12.4 Å². The third kappa shape index (κ3) is 4.29. The summed E-state index contributed by atoms with van der Waals surface area (Å²) in [5.41, 5.74) is 2.32. The average molecular weight is 404 g/mol. The van der Waals surface area contributed by atoms with Crippen molar-refractivity contribution in [2.75, 3.05) is 21.3 Å². The lowest BCUT2D eigenvalue weighted by Gasteiger charge is -2.38. The van der Waals surface area contributed by atoms with Gasteiger partial charge in [-0.25, -0.2) is 0 Å². The van der Waals surface area contributed by atoms with E-state index in [-0.39, 0.29) is 18.5 Å². The van der Waals surface area contributed by atoms with Crippen LogP contribution in [0.3, 0.4) is 0 Å². The molecule has 0 radical (unpaired) electrons. The number of fused-ring (bicyclic) bond motifs is 2. The van der Waals surface area contributed by atoms with Crippen LogP contribution in [0.2, 0.25) is 0 Å². The van der Waals surface area contributed by atoms with Crippen molar-refractivity contribution in [3.05, 3.63) is 59.7 Å². The van der Waals surface area contributed by atoms with Crippen molar-refractivity contribution in [2.24, 2.45) is 0 Å². The molecule has 0 amide bonds. The first-order valence-corrected chi connectivity index (χ1v) is 9.83. The van der Waals surface area contributed by atoms with Crippen LogP contribution in [0.5, 0.6) is 11.5 Å². The standard InChI is InChI=1S/C23H29NO3.ClH/c1-24-18-8-9-19(24)15-22(14-18)27-23(16-4-10-20(25-2)11-5-16)17-6-12-21(26-3)13-7-17;/h4-7,10-13,18-19,22-23H,8-9,14-15H2,1-3H3;1H. The maximum absolute atomic E-state index is 6.73. The molecule has 152 valence electrons. The molecule has 2 aromatic carbocycles. The number of ether oxygens (including phenoxy) is 3. The molecule has 2 aliphatic rings. The summed E-state index contributed by atoms with van der Waals surface area (Å²) in [6.07, 6.45) is 5.07. The minimum Gasteiger partial charge on any atom is -0.497 e. The predicted octanol–water partition coefficient (Wildman–Crippen LogP) is 4.86. The average Bonchev–Trinajstić information content (AvgIpc) is 2.93. The topological polar surface area (TPSA) is 30.9 Å². The number of halogens is 1. The zero-order valence-electron chi connectivity index (χ0n) is 16.8. The van der Waals surface area contributed by atoms with Crippen molar-refractivity contribution in [2.45, 2.75) is 50.0 Å². The van der Waals surface area contributed by atoms with Gasteiger partial charge < -0.3 is 19.1 Å². The first-order chi connectivity index (χ1) is 13.2. The maximum Gasteiger partial charge on any atom is 0.118 e. The lowest BCUT2D eigenvalue weighted by atomic mass is 9.97. The first kappa shape index (κ1) is 21.0. The molecule has 4 rings (SSSR count). The lowest BCUT2D eigenvalue weighted by Crippen LogP contribution is -2.43. The van der Waals surface area contributed by atoms with E-state index < -0.39 is 0 Å². The van der Waals surface area contributed by atoms with Crippen LogP contribution in [0.1, 0.15) is 42.9 Å². The minimum absolute atomic E-state index is 0. The van der Waals surface area contributed by atoms with Gasteiger partial charge in [-0.3, -0.25) is 0 Å². The molecule has 5 heteroatoms. The van der Waals surface area contributed by atoms with Crippen LogP contribution >= 0.6 is 12.4 Å². The number of methoxy groups -OCH3 is 2. The maximum atomic E-state index is 6.73. The van der Waals surface area contributed by atoms with Gasteiger partial charge in [-0.1, -0.05) is 24.3 Å². The number of rotatable bonds is 6. The molecule has 2 bridgehead atoms. The van der Waals surface area contributed by atoms with E-state index in [1.807, 2.05) is 24.3 Å². The van der Waals surface area contributed by atoms with Crippen LogP contribution in [0.15, 0.2) is 48.5 Å². The molecule has 0 N–H and O–H groups in total. The molecule has 28 heavy (non-hydrogen) atoms. The third-order valence-electron chi connectivity index (χ3n) is 6.22. The molecule has 2 unspecified atom stereocenters. The lowest BCUT2D eigenvalue weighted by molar-refractivity contribution is -0.0426. The van der Waals surface area contributed by atoms with Crippen LogP contribution in [0.4, 0.5) is 0 Å². The van der Waals surface area contributed by atoms with E-state index >= 15 is 0 Å². The highest BCUT2D eigenvalue weighted by Gasteiger charge is 2.39. The number of piperidine rings is 1. The number of benzene rings is 2. The molecule has 2 saturated heterocycles. The molecule has 0 aromatic heterocycles. The summed E-state index contributed by atoms with van der Waals surface area (Å²) in [4.78, 5) is 2.55. The Balaban J connectivity index is 0.00000225. The number of hydrogen-bond donors (Lipinski definition) is 0. The van der Waals surface area contributed by atoms with Crippen LogP contribution < -0.4 is 9.47 Å². The molecule has 0 spiro atoms. The Labute approximate surface area is 174 Å². The van der Waals surface area contributed by atoms with Crippen molar-refractivity contribution in [3.63, 3.8) is 0 Å². The molecular formula is C23H30ClNO3. The van der Waals surface area contributed by atoms with E-state index in [1.165, 1.54) is 12.8 Å². The van der Waals surface area contributed by atoms with Gasteiger partial charge in [-0.2, -0.15) is 0 Å². The predicted molar refractivity (Wildman–Crippen MR) is 114 cm³/mol. The second-order valence-electron chi connectivity index (χ2n) is 7.71. The Morgan fingerprint density at radius 3 is 1.61 bits per heavy atom. The van der Waals surface area contributed by atoms with Crippen LogP contribution in [-0.4, -0.2) is 44.4 Å². The fourth-order valence-corrected chi connectivity index (χ4v) is 4.57. The quantitative estimate of drug-likeness (QED) is 0.689. The van der Waals surface area contributed by atoms with Gasteiger partial charge in [-0.05, 0) is 68.1 Å². The zero-order chi connectivity index (χ0) is 18.8. The monoisotopic (exact) mass is 403 g/mol. The molecule has 0 aliphatic carbocycles. The summed E-state index contributed by atoms with van der Waals surface area (Å²) in [5, 5.41) is 0. The SMILES string of the molecule is COc1ccc(C(OC2CC3CCC(C2)N3C)c2ccc(OC)cc2)cc1.Cl. The van der Waals surface area contributed by atoms with Crippen LogP contribution in [0, 0.1) is 0 Å². The van der Waals surface area contributed by atoms with Crippen molar-refractivity contribution in [1.29, 1.82) is 0 Å². The van der Waals surface area contributed by atoms with Gasteiger partial charge in [0.15, 0.2) is 0 Å². The van der Waals surface area contributed by atoms with Gasteiger partial charge in [0, 0.05) is 12.1 Å². The Morgan fingerprint density at radius 1 is 0.786 bits per heavy atom. The summed E-state index contributed by atoms with van der Waals surface area (Å²) >= 11 is 0. The molecule has 2 atom stereocenters. The van der Waals surface area contributed by atoms with Gasteiger partial charge >= 0.3 is 0 Å². The van der Waals surface area contributed by atoms with Gasteiger partial charge in [0.2, 0.25) is 0 Å². The Bertz CT molecular complexity index is 688. The van der Waals surface area contributed by atoms with Crippen molar-refractivity contribution >= 4 is 12.4 Å². The molecular weight excluding hydrogens is 374 g/mol. The molecule has 2 aliphatic heterocycles. The Hall–Kier alpha value is -1.75. The molecule has 0 saturated carbocycles. The van der Waals surface area contributed by atoms with Crippen LogP contribution in [-0.2, 0) is 4.74 Å². The zero-order valence-corrected chi connectivity index (χ0v) is 17.7.